The number of rotatable bonds is 16. The summed E-state index contributed by atoms with van der Waals surface area (Å²) in [7, 11) is 10.9. The fourth-order valence-electron chi connectivity index (χ4n) is 6.58. The molecule has 0 amide bonds. The van der Waals surface area contributed by atoms with Gasteiger partial charge in [-0.05, 0) is 61.4 Å². The first kappa shape index (κ1) is 58.0. The molecule has 0 bridgehead atoms. The van der Waals surface area contributed by atoms with E-state index >= 15 is 0 Å². The zero-order chi connectivity index (χ0) is 48.8. The van der Waals surface area contributed by atoms with Crippen molar-refractivity contribution in [2.75, 3.05) is 84.7 Å². The van der Waals surface area contributed by atoms with Crippen LogP contribution in [0.3, 0.4) is 0 Å². The van der Waals surface area contributed by atoms with Gasteiger partial charge in [0, 0.05) is 110 Å². The average molecular weight is 1120 g/mol. The van der Waals surface area contributed by atoms with Gasteiger partial charge in [0.1, 0.15) is 44.0 Å². The van der Waals surface area contributed by atoms with Gasteiger partial charge in [-0.1, -0.05) is 36.4 Å². The Labute approximate surface area is 409 Å². The van der Waals surface area contributed by atoms with Crippen molar-refractivity contribution in [1.82, 2.24) is 0 Å². The molecule has 2 heterocycles. The van der Waals surface area contributed by atoms with E-state index in [1.807, 2.05) is 134 Å². The first-order chi connectivity index (χ1) is 31.5. The van der Waals surface area contributed by atoms with Crippen LogP contribution in [0.5, 0.6) is 0 Å². The molecule has 0 aliphatic heterocycles. The van der Waals surface area contributed by atoms with Gasteiger partial charge in [-0.3, -0.25) is 4.52 Å². The average Bonchev–Trinajstić information content (AvgIpc) is 3.27. The van der Waals surface area contributed by atoms with Gasteiger partial charge in [-0.15, -0.1) is 6.66 Å². The van der Waals surface area contributed by atoms with Crippen molar-refractivity contribution < 1.29 is 65.5 Å². The quantitative estimate of drug-likeness (QED) is 0.0315. The van der Waals surface area contributed by atoms with Crippen LogP contribution in [0, 0.1) is 55.1 Å². The molecule has 6 rings (SSSR count). The van der Waals surface area contributed by atoms with Crippen molar-refractivity contribution >= 4 is 29.5 Å². The second-order valence-corrected chi connectivity index (χ2v) is 18.2. The number of nitriles is 1. The summed E-state index contributed by atoms with van der Waals surface area (Å²) >= 11 is 0. The number of hydrogen-bond acceptors (Lipinski definition) is 7. The Balaban J connectivity index is 0.000000336. The summed E-state index contributed by atoms with van der Waals surface area (Å²) in [6.07, 6.45) is 3.74. The van der Waals surface area contributed by atoms with Crippen LogP contribution in [0.4, 0.5) is 28.9 Å². The predicted octanol–water partition coefficient (Wildman–Crippen LogP) is 9.25. The van der Waals surface area contributed by atoms with Crippen molar-refractivity contribution in [2.45, 2.75) is 20.8 Å². The summed E-state index contributed by atoms with van der Waals surface area (Å²) in [5.41, 5.74) is 5.43. The molecule has 0 unspecified atom stereocenters. The molecule has 0 aliphatic rings. The summed E-state index contributed by atoms with van der Waals surface area (Å²) < 4.78 is 80.2. The van der Waals surface area contributed by atoms with E-state index in [0.717, 1.165) is 45.5 Å². The molecule has 1 radical (unpaired) electrons. The second kappa shape index (κ2) is 29.6. The molecule has 0 fully saturated rings. The van der Waals surface area contributed by atoms with E-state index in [1.165, 1.54) is 19.1 Å². The number of hydrogen-bond donors (Lipinski definition) is 0. The summed E-state index contributed by atoms with van der Waals surface area (Å²) in [5.74, 6) is -2.18. The number of aryl methyl sites for hydroxylation is 4. The number of methoxy groups -OCH3 is 1. The van der Waals surface area contributed by atoms with E-state index in [1.54, 1.807) is 27.0 Å². The summed E-state index contributed by atoms with van der Waals surface area (Å²) in [6, 6.07) is 34.4. The Morgan fingerprint density at radius 1 is 0.597 bits per heavy atom. The number of pyridine rings is 2. The molecule has 6 aromatic rings. The summed E-state index contributed by atoms with van der Waals surface area (Å²) in [6.45, 7) is 12.6. The molecule has 0 saturated heterocycles. The molecule has 361 valence electrons. The SMILES string of the molecule is CC#N.Cc1cc(F)cc(F)c1-c1cc(N(C)C)cc[n+]1C.Cc1cc(F)cc(F)c1-c1cc(N(C)C)cc[n+]1C.[CH2-][P+](OCCOCCOCCOC)(c1ccccc1)c1ccccc1.[Ir]. The zero-order valence-electron chi connectivity index (χ0n) is 40.2. The van der Waals surface area contributed by atoms with Crippen LogP contribution in [0.2, 0.25) is 0 Å². The molecule has 0 saturated carbocycles. The standard InChI is InChI=1S/C20H27O4P.2C15H17F2N2.C2H3N.Ir/c1-21-13-14-22-15-16-23-17-18-24-25(2,19-9-5-3-6-10-19)20-11-7-4-8-12-20;2*1-10-7-11(16)8-13(17)15(10)14-9-12(18(2)3)5-6-19(14)4;1-2-3;/h3-12H,2,13-18H2,1H3;2*5-9H,1-4H3;1H3;/q;2*+1;;. The maximum atomic E-state index is 14.0. The molecule has 15 heteroatoms. The van der Waals surface area contributed by atoms with Crippen LogP contribution < -0.4 is 29.5 Å². The van der Waals surface area contributed by atoms with Gasteiger partial charge in [0.25, 0.3) is 0 Å². The predicted molar refractivity (Wildman–Crippen MR) is 259 cm³/mol. The van der Waals surface area contributed by atoms with Gasteiger partial charge in [0.15, 0.2) is 12.4 Å². The van der Waals surface area contributed by atoms with Crippen molar-refractivity contribution in [3.05, 3.63) is 163 Å². The minimum Gasteiger partial charge on any atom is -0.382 e. The van der Waals surface area contributed by atoms with Crippen LogP contribution in [0.1, 0.15) is 18.1 Å². The molecule has 4 aromatic carbocycles. The minimum atomic E-state index is -2.12. The summed E-state index contributed by atoms with van der Waals surface area (Å²) in [4.78, 5) is 3.89. The van der Waals surface area contributed by atoms with Crippen LogP contribution >= 0.6 is 7.49 Å². The third-order valence-corrected chi connectivity index (χ3v) is 12.9. The molecule has 2 aromatic heterocycles. The number of anilines is 2. The molecular weight excluding hydrogens is 1060 g/mol. The third kappa shape index (κ3) is 17.8. The topological polar surface area (TPSA) is 75.0 Å². The molecule has 0 spiro atoms. The fourth-order valence-corrected chi connectivity index (χ4v) is 8.87. The van der Waals surface area contributed by atoms with Crippen molar-refractivity contribution in [3.8, 4) is 28.6 Å². The molecule has 0 aliphatic carbocycles. The Kier molecular flexibility index (Phi) is 25.7. The zero-order valence-corrected chi connectivity index (χ0v) is 43.4. The fraction of sp³-hybridized carbons (Fsp3) is 0.308. The number of ether oxygens (including phenoxy) is 3. The number of aromatic nitrogens is 2. The van der Waals surface area contributed by atoms with E-state index < -0.39 is 30.8 Å². The Bertz CT molecular complexity index is 2270. The minimum absolute atomic E-state index is 0. The Hall–Kier alpha value is -5.09. The first-order valence-electron chi connectivity index (χ1n) is 21.2. The molecule has 67 heavy (non-hydrogen) atoms. The van der Waals surface area contributed by atoms with Crippen molar-refractivity contribution in [3.63, 3.8) is 0 Å². The smallest absolute Gasteiger partial charge is 0.217 e. The van der Waals surface area contributed by atoms with Gasteiger partial charge in [-0.2, -0.15) is 5.26 Å². The maximum absolute atomic E-state index is 14.0. The van der Waals surface area contributed by atoms with Gasteiger partial charge in [0.05, 0.1) is 68.3 Å². The van der Waals surface area contributed by atoms with Gasteiger partial charge in [-0.25, -0.2) is 26.7 Å². The Morgan fingerprint density at radius 2 is 0.955 bits per heavy atom. The molecule has 0 N–H and O–H groups in total. The van der Waals surface area contributed by atoms with E-state index in [4.69, 9.17) is 24.0 Å². The number of nitrogens with zero attached hydrogens (tertiary/aromatic N) is 5. The van der Waals surface area contributed by atoms with Gasteiger partial charge < -0.3 is 24.0 Å². The van der Waals surface area contributed by atoms with Gasteiger partial charge in [0.2, 0.25) is 11.4 Å². The Morgan fingerprint density at radius 3 is 1.30 bits per heavy atom. The van der Waals surface area contributed by atoms with Crippen LogP contribution in [-0.4, -0.2) is 74.9 Å². The number of halogens is 4. The molecular formula is C52H64F4IrN5O4P+2. The van der Waals surface area contributed by atoms with Gasteiger partial charge >= 0.3 is 0 Å². The largest absolute Gasteiger partial charge is 0.382 e. The van der Waals surface area contributed by atoms with E-state index in [9.17, 15) is 17.6 Å². The normalized spacial score (nSPS) is 10.5. The summed E-state index contributed by atoms with van der Waals surface area (Å²) in [5, 5.41) is 9.58. The van der Waals surface area contributed by atoms with Crippen molar-refractivity contribution in [1.29, 1.82) is 5.26 Å². The number of benzene rings is 4. The second-order valence-electron chi connectivity index (χ2n) is 15.4. The van der Waals surface area contributed by atoms with E-state index in [-0.39, 0.29) is 20.1 Å². The molecule has 9 nitrogen and oxygen atoms in total. The monoisotopic (exact) mass is 1120 g/mol. The van der Waals surface area contributed by atoms with E-state index in [2.05, 4.69) is 30.9 Å². The van der Waals surface area contributed by atoms with Crippen molar-refractivity contribution in [2.24, 2.45) is 14.1 Å². The maximum Gasteiger partial charge on any atom is 0.217 e. The van der Waals surface area contributed by atoms with Crippen LogP contribution in [0.15, 0.2) is 122 Å². The van der Waals surface area contributed by atoms with Crippen LogP contribution in [0.25, 0.3) is 22.5 Å². The first-order valence-corrected chi connectivity index (χ1v) is 23.1. The van der Waals surface area contributed by atoms with Crippen LogP contribution in [-0.2, 0) is 52.9 Å². The third-order valence-electron chi connectivity index (χ3n) is 10.0. The van der Waals surface area contributed by atoms with E-state index in [0.29, 0.717) is 61.9 Å². The molecule has 0 atom stereocenters.